The molecule has 174 valence electrons. The van der Waals surface area contributed by atoms with Crippen LogP contribution in [0.4, 0.5) is 0 Å². The number of nitrogens with two attached hydrogens (primary N) is 2. The second-order valence-electron chi connectivity index (χ2n) is 9.07. The highest BCUT2D eigenvalue weighted by molar-refractivity contribution is 6.08. The number of amides is 1. The fourth-order valence-corrected chi connectivity index (χ4v) is 4.95. The molecule has 2 aliphatic rings. The van der Waals surface area contributed by atoms with Gasteiger partial charge in [0.2, 0.25) is 0 Å². The van der Waals surface area contributed by atoms with E-state index in [-0.39, 0.29) is 5.91 Å². The molecule has 1 aliphatic heterocycles. The SMILES string of the molecule is CCCCC1=NC2(CCCC2)C(=O)N1Cc1ccc(-c2ccccc2/C(=N/N)N(C)N)cc1. The highest BCUT2D eigenvalue weighted by Gasteiger charge is 2.49. The third-order valence-electron chi connectivity index (χ3n) is 6.71. The van der Waals surface area contributed by atoms with E-state index in [0.717, 1.165) is 73.0 Å². The van der Waals surface area contributed by atoms with E-state index in [4.69, 9.17) is 16.7 Å². The monoisotopic (exact) mass is 446 g/mol. The number of nitrogens with zero attached hydrogens (tertiary/aromatic N) is 4. The maximum atomic E-state index is 13.4. The predicted octanol–water partition coefficient (Wildman–Crippen LogP) is 4.02. The van der Waals surface area contributed by atoms with E-state index < -0.39 is 5.54 Å². The summed E-state index contributed by atoms with van der Waals surface area (Å²) in [5.74, 6) is 13.2. The number of carbonyl (C=O) groups excluding carboxylic acids is 1. The third kappa shape index (κ3) is 4.50. The Morgan fingerprint density at radius 1 is 1.15 bits per heavy atom. The maximum Gasteiger partial charge on any atom is 0.256 e. The van der Waals surface area contributed by atoms with E-state index in [1.54, 1.807) is 7.05 Å². The van der Waals surface area contributed by atoms with Crippen LogP contribution < -0.4 is 11.7 Å². The Morgan fingerprint density at radius 3 is 2.48 bits per heavy atom. The first-order valence-electron chi connectivity index (χ1n) is 11.8. The van der Waals surface area contributed by atoms with Gasteiger partial charge in [0, 0.05) is 19.0 Å². The molecule has 0 bridgehead atoms. The Kier molecular flexibility index (Phi) is 6.79. The number of hydrazine groups is 1. The number of hydrogen-bond acceptors (Lipinski definition) is 5. The van der Waals surface area contributed by atoms with E-state index in [0.29, 0.717) is 12.4 Å². The summed E-state index contributed by atoms with van der Waals surface area (Å²) in [4.78, 5) is 20.3. The van der Waals surface area contributed by atoms with Gasteiger partial charge >= 0.3 is 0 Å². The van der Waals surface area contributed by atoms with Crippen molar-refractivity contribution in [3.63, 3.8) is 0 Å². The van der Waals surface area contributed by atoms with Crippen LogP contribution in [0.5, 0.6) is 0 Å². The summed E-state index contributed by atoms with van der Waals surface area (Å²) in [5, 5.41) is 5.28. The molecule has 33 heavy (non-hydrogen) atoms. The van der Waals surface area contributed by atoms with Crippen LogP contribution >= 0.6 is 0 Å². The van der Waals surface area contributed by atoms with Crippen molar-refractivity contribution in [2.45, 2.75) is 64.0 Å². The molecule has 1 amide bonds. The van der Waals surface area contributed by atoms with Gasteiger partial charge in [-0.25, -0.2) is 5.84 Å². The number of unbranched alkanes of at least 4 members (excludes halogenated alkanes) is 1. The summed E-state index contributed by atoms with van der Waals surface area (Å²) < 4.78 is 0. The zero-order chi connectivity index (χ0) is 23.4. The number of carbonyl (C=O) groups is 1. The normalized spacial score (nSPS) is 17.7. The van der Waals surface area contributed by atoms with E-state index in [2.05, 4.69) is 36.3 Å². The molecule has 0 radical (unpaired) electrons. The van der Waals surface area contributed by atoms with Crippen LogP contribution in [-0.4, -0.2) is 40.1 Å². The molecule has 7 heteroatoms. The molecule has 1 fully saturated rings. The van der Waals surface area contributed by atoms with Crippen LogP contribution in [0.25, 0.3) is 11.1 Å². The molecular formula is C26H34N6O. The smallest absolute Gasteiger partial charge is 0.256 e. The molecule has 0 atom stereocenters. The number of amidine groups is 2. The van der Waals surface area contributed by atoms with Gasteiger partial charge in [-0.3, -0.25) is 19.7 Å². The van der Waals surface area contributed by atoms with Gasteiger partial charge < -0.3 is 5.84 Å². The lowest BCUT2D eigenvalue weighted by atomic mass is 9.97. The zero-order valence-corrected chi connectivity index (χ0v) is 19.6. The van der Waals surface area contributed by atoms with Crippen molar-refractivity contribution in [2.75, 3.05) is 7.05 Å². The second-order valence-corrected chi connectivity index (χ2v) is 9.07. The number of benzene rings is 2. The third-order valence-corrected chi connectivity index (χ3v) is 6.71. The summed E-state index contributed by atoms with van der Waals surface area (Å²) in [6.45, 7) is 2.74. The fraction of sp³-hybridized carbons (Fsp3) is 0.423. The fourth-order valence-electron chi connectivity index (χ4n) is 4.95. The topological polar surface area (TPSA) is 100 Å². The quantitative estimate of drug-likeness (QED) is 0.290. The zero-order valence-electron chi connectivity index (χ0n) is 19.6. The van der Waals surface area contributed by atoms with Crippen LogP contribution in [0.15, 0.2) is 58.6 Å². The van der Waals surface area contributed by atoms with Crippen LogP contribution in [0, 0.1) is 0 Å². The van der Waals surface area contributed by atoms with E-state index in [1.165, 1.54) is 5.01 Å². The highest BCUT2D eigenvalue weighted by Crippen LogP contribution is 2.40. The van der Waals surface area contributed by atoms with Crippen molar-refractivity contribution in [1.82, 2.24) is 9.91 Å². The first-order valence-corrected chi connectivity index (χ1v) is 11.8. The van der Waals surface area contributed by atoms with Gasteiger partial charge in [0.25, 0.3) is 5.91 Å². The predicted molar refractivity (Wildman–Crippen MR) is 133 cm³/mol. The maximum absolute atomic E-state index is 13.4. The lowest BCUT2D eigenvalue weighted by Gasteiger charge is -2.23. The first-order chi connectivity index (χ1) is 16.0. The minimum absolute atomic E-state index is 0.190. The minimum Gasteiger partial charge on any atom is -0.321 e. The summed E-state index contributed by atoms with van der Waals surface area (Å²) in [6.07, 6.45) is 6.95. The lowest BCUT2D eigenvalue weighted by molar-refractivity contribution is -0.131. The van der Waals surface area contributed by atoms with Gasteiger partial charge in [0.05, 0.1) is 6.54 Å². The van der Waals surface area contributed by atoms with Gasteiger partial charge in [-0.15, -0.1) is 0 Å². The van der Waals surface area contributed by atoms with Crippen molar-refractivity contribution in [2.24, 2.45) is 21.8 Å². The summed E-state index contributed by atoms with van der Waals surface area (Å²) in [5.41, 5.74) is 3.50. The Bertz CT molecular complexity index is 1050. The molecule has 2 aromatic carbocycles. The van der Waals surface area contributed by atoms with Crippen LogP contribution in [0.1, 0.15) is 63.0 Å². The molecule has 4 N–H and O–H groups in total. The second kappa shape index (κ2) is 9.75. The lowest BCUT2D eigenvalue weighted by Crippen LogP contribution is -2.40. The number of aliphatic imine (C=N–C) groups is 1. The van der Waals surface area contributed by atoms with E-state index in [1.807, 2.05) is 29.2 Å². The number of hydrazone groups is 1. The summed E-state index contributed by atoms with van der Waals surface area (Å²) >= 11 is 0. The average molecular weight is 447 g/mol. The van der Waals surface area contributed by atoms with Crippen molar-refractivity contribution < 1.29 is 4.79 Å². The standard InChI is InChI=1S/C26H34N6O/c1-3-4-11-23-29-26(16-7-8-17-26)25(33)32(23)18-19-12-14-20(15-13-19)21-9-5-6-10-22(21)24(30-27)31(2)28/h5-6,9-10,12-15H,3-4,7-8,11,16-18,27-28H2,1-2H3/b30-24-. The van der Waals surface area contributed by atoms with Gasteiger partial charge in [-0.2, -0.15) is 5.10 Å². The minimum atomic E-state index is -0.492. The van der Waals surface area contributed by atoms with Crippen molar-refractivity contribution in [1.29, 1.82) is 0 Å². The molecule has 1 saturated carbocycles. The molecule has 1 heterocycles. The molecule has 7 nitrogen and oxygen atoms in total. The highest BCUT2D eigenvalue weighted by atomic mass is 16.2. The van der Waals surface area contributed by atoms with Gasteiger partial charge in [0.15, 0.2) is 5.84 Å². The summed E-state index contributed by atoms with van der Waals surface area (Å²) in [7, 11) is 1.72. The molecule has 4 rings (SSSR count). The molecule has 0 unspecified atom stereocenters. The molecule has 0 aromatic heterocycles. The molecule has 1 spiro atoms. The largest absolute Gasteiger partial charge is 0.321 e. The first kappa shape index (κ1) is 23.0. The molecule has 2 aromatic rings. The Hall–Kier alpha value is -3.19. The van der Waals surface area contributed by atoms with Crippen molar-refractivity contribution in [3.8, 4) is 11.1 Å². The average Bonchev–Trinajstić information content (AvgIpc) is 3.40. The van der Waals surface area contributed by atoms with Gasteiger partial charge in [0.1, 0.15) is 11.4 Å². The molecule has 0 saturated heterocycles. The Labute approximate surface area is 196 Å². The summed E-state index contributed by atoms with van der Waals surface area (Å²) in [6, 6.07) is 16.2. The van der Waals surface area contributed by atoms with Crippen molar-refractivity contribution in [3.05, 3.63) is 59.7 Å². The number of rotatable bonds is 7. The number of hydrogen-bond donors (Lipinski definition) is 2. The van der Waals surface area contributed by atoms with E-state index >= 15 is 0 Å². The van der Waals surface area contributed by atoms with Gasteiger partial charge in [-0.1, -0.05) is 74.7 Å². The van der Waals surface area contributed by atoms with E-state index in [9.17, 15) is 4.79 Å². The van der Waals surface area contributed by atoms with Gasteiger partial charge in [-0.05, 0) is 36.0 Å². The Balaban J connectivity index is 1.57. The van der Waals surface area contributed by atoms with Crippen LogP contribution in [0.2, 0.25) is 0 Å². The molecular weight excluding hydrogens is 412 g/mol. The molecule has 1 aliphatic carbocycles. The van der Waals surface area contributed by atoms with Crippen LogP contribution in [-0.2, 0) is 11.3 Å². The Morgan fingerprint density at radius 2 is 1.85 bits per heavy atom. The van der Waals surface area contributed by atoms with Crippen LogP contribution in [0.3, 0.4) is 0 Å². The van der Waals surface area contributed by atoms with Crippen molar-refractivity contribution >= 4 is 17.6 Å².